The Morgan fingerprint density at radius 2 is 1.82 bits per heavy atom. The number of alkyl halides is 3. The van der Waals surface area contributed by atoms with Gasteiger partial charge in [-0.1, -0.05) is 18.2 Å². The summed E-state index contributed by atoms with van der Waals surface area (Å²) in [7, 11) is -3.47. The first-order valence-corrected chi connectivity index (χ1v) is 12.0. The monoisotopic (exact) mass is 494 g/mol. The van der Waals surface area contributed by atoms with Gasteiger partial charge in [0.15, 0.2) is 5.82 Å². The summed E-state index contributed by atoms with van der Waals surface area (Å²) in [5.74, 6) is 0.896. The van der Waals surface area contributed by atoms with Gasteiger partial charge in [-0.3, -0.25) is 9.78 Å². The van der Waals surface area contributed by atoms with Gasteiger partial charge < -0.3 is 4.98 Å². The van der Waals surface area contributed by atoms with Crippen LogP contribution in [-0.2, 0) is 14.8 Å². The number of piperidine rings is 1. The molecule has 2 aromatic heterocycles. The Morgan fingerprint density at radius 3 is 2.41 bits per heavy atom. The average Bonchev–Trinajstić information content (AvgIpc) is 3.18. The summed E-state index contributed by atoms with van der Waals surface area (Å²) in [4.78, 5) is 21.3. The van der Waals surface area contributed by atoms with Crippen LogP contribution in [0.4, 0.5) is 13.2 Å². The predicted octanol–water partition coefficient (Wildman–Crippen LogP) is 4.40. The Bertz CT molecular complexity index is 1210. The molecule has 1 aliphatic heterocycles. The molecule has 1 saturated heterocycles. The van der Waals surface area contributed by atoms with Crippen LogP contribution in [0.15, 0.2) is 53.6 Å². The number of aromatic nitrogens is 3. The van der Waals surface area contributed by atoms with Gasteiger partial charge in [-0.2, -0.15) is 17.5 Å². The van der Waals surface area contributed by atoms with Crippen molar-refractivity contribution >= 4 is 16.3 Å². The third kappa shape index (κ3) is 6.29. The van der Waals surface area contributed by atoms with Crippen LogP contribution in [-0.4, -0.2) is 53.2 Å². The number of benzene rings is 1. The van der Waals surface area contributed by atoms with Gasteiger partial charge in [0.2, 0.25) is 16.3 Å². The number of aromatic amines is 1. The molecule has 34 heavy (non-hydrogen) atoms. The second-order valence-electron chi connectivity index (χ2n) is 7.94. The van der Waals surface area contributed by atoms with Crippen LogP contribution in [0.5, 0.6) is 0 Å². The van der Waals surface area contributed by atoms with Gasteiger partial charge in [0, 0.05) is 25.0 Å². The first-order chi connectivity index (χ1) is 16.0. The Balaban J connectivity index is 0.000000481. The van der Waals surface area contributed by atoms with Gasteiger partial charge in [-0.05, 0) is 62.4 Å². The van der Waals surface area contributed by atoms with Gasteiger partial charge >= 0.3 is 6.18 Å². The SMILES string of the molecule is Cc1nc(-c2cc(C3CCCN(S(=O)(=O)c4ccccc4)C3)ccn2)[nH]c1C.O=CC(F)(F)F. The van der Waals surface area contributed by atoms with E-state index in [2.05, 4.69) is 15.0 Å². The molecule has 4 rings (SSSR count). The molecule has 3 aromatic rings. The predicted molar refractivity (Wildman–Crippen MR) is 121 cm³/mol. The largest absolute Gasteiger partial charge is 0.446 e. The number of carbonyl (C=O) groups is 1. The molecule has 0 bridgehead atoms. The quantitative estimate of drug-likeness (QED) is 0.543. The maximum atomic E-state index is 13.0. The average molecular weight is 495 g/mol. The van der Waals surface area contributed by atoms with Gasteiger partial charge in [0.1, 0.15) is 5.69 Å². The van der Waals surface area contributed by atoms with E-state index in [1.807, 2.05) is 32.0 Å². The number of aryl methyl sites for hydroxylation is 2. The van der Waals surface area contributed by atoms with Crippen molar-refractivity contribution in [2.24, 2.45) is 0 Å². The third-order valence-electron chi connectivity index (χ3n) is 5.52. The molecule has 0 saturated carbocycles. The number of pyridine rings is 1. The molecule has 1 aliphatic rings. The fourth-order valence-electron chi connectivity index (χ4n) is 3.67. The van der Waals surface area contributed by atoms with E-state index < -0.39 is 22.5 Å². The molecule has 182 valence electrons. The number of hydrogen-bond acceptors (Lipinski definition) is 5. The van der Waals surface area contributed by atoms with E-state index in [4.69, 9.17) is 4.79 Å². The van der Waals surface area contributed by atoms with Gasteiger partial charge in [0.25, 0.3) is 0 Å². The van der Waals surface area contributed by atoms with Crippen molar-refractivity contribution < 1.29 is 26.4 Å². The van der Waals surface area contributed by atoms with Crippen LogP contribution in [0, 0.1) is 13.8 Å². The number of H-pyrrole nitrogens is 1. The molecule has 1 N–H and O–H groups in total. The summed E-state index contributed by atoms with van der Waals surface area (Å²) in [6.45, 7) is 4.99. The number of sulfonamides is 1. The van der Waals surface area contributed by atoms with Crippen molar-refractivity contribution in [3.05, 3.63) is 65.6 Å². The Hall–Kier alpha value is -3.05. The standard InChI is InChI=1S/C21H24N4O2S.C2HF3O/c1-15-16(2)24-21(23-15)20-13-17(10-11-22-20)18-7-6-12-25(14-18)28(26,27)19-8-4-3-5-9-19;3-2(4,5)1-6/h3-5,8-11,13,18H,6-7,12,14H2,1-2H3,(H,23,24);1H. The highest BCUT2D eigenvalue weighted by Crippen LogP contribution is 2.31. The molecule has 1 atom stereocenters. The highest BCUT2D eigenvalue weighted by molar-refractivity contribution is 7.89. The number of carbonyl (C=O) groups excluding carboxylic acids is 1. The minimum atomic E-state index is -4.64. The zero-order valence-electron chi connectivity index (χ0n) is 18.7. The summed E-state index contributed by atoms with van der Waals surface area (Å²) >= 11 is 0. The molecule has 1 unspecified atom stereocenters. The number of nitrogens with zero attached hydrogens (tertiary/aromatic N) is 3. The first-order valence-electron chi connectivity index (χ1n) is 10.6. The van der Waals surface area contributed by atoms with Crippen LogP contribution < -0.4 is 0 Å². The smallest absolute Gasteiger partial charge is 0.341 e. The van der Waals surface area contributed by atoms with E-state index in [1.54, 1.807) is 34.8 Å². The summed E-state index contributed by atoms with van der Waals surface area (Å²) in [6.07, 6.45) is -2.12. The van der Waals surface area contributed by atoms with Gasteiger partial charge in [-0.25, -0.2) is 13.4 Å². The highest BCUT2D eigenvalue weighted by Gasteiger charge is 2.31. The Morgan fingerprint density at radius 1 is 1.15 bits per heavy atom. The van der Waals surface area contributed by atoms with Crippen LogP contribution in [0.1, 0.15) is 35.7 Å². The zero-order valence-corrected chi connectivity index (χ0v) is 19.5. The van der Waals surface area contributed by atoms with Crippen molar-refractivity contribution in [2.75, 3.05) is 13.1 Å². The van der Waals surface area contributed by atoms with E-state index in [1.165, 1.54) is 0 Å². The van der Waals surface area contributed by atoms with E-state index in [0.29, 0.717) is 18.0 Å². The van der Waals surface area contributed by atoms with Crippen LogP contribution in [0.3, 0.4) is 0 Å². The Labute approximate surface area is 196 Å². The molecule has 0 spiro atoms. The summed E-state index contributed by atoms with van der Waals surface area (Å²) in [5, 5.41) is 0. The Kier molecular flexibility index (Phi) is 7.88. The van der Waals surface area contributed by atoms with E-state index in [0.717, 1.165) is 41.3 Å². The van der Waals surface area contributed by atoms with Crippen LogP contribution in [0.25, 0.3) is 11.5 Å². The molecule has 1 aromatic carbocycles. The second-order valence-corrected chi connectivity index (χ2v) is 9.88. The summed E-state index contributed by atoms with van der Waals surface area (Å²) in [6, 6.07) is 12.7. The lowest BCUT2D eigenvalue weighted by molar-refractivity contribution is -0.156. The van der Waals surface area contributed by atoms with Crippen molar-refractivity contribution in [3.8, 4) is 11.5 Å². The second kappa shape index (κ2) is 10.5. The summed E-state index contributed by atoms with van der Waals surface area (Å²) < 4.78 is 58.8. The van der Waals surface area contributed by atoms with Gasteiger partial charge in [0.05, 0.1) is 10.6 Å². The molecular weight excluding hydrogens is 469 g/mol. The fraction of sp³-hybridized carbons (Fsp3) is 0.348. The third-order valence-corrected chi connectivity index (χ3v) is 7.40. The number of rotatable bonds is 4. The van der Waals surface area contributed by atoms with E-state index in [-0.39, 0.29) is 5.92 Å². The molecule has 0 amide bonds. The highest BCUT2D eigenvalue weighted by atomic mass is 32.2. The number of imidazole rings is 1. The number of hydrogen-bond donors (Lipinski definition) is 1. The molecule has 3 heterocycles. The lowest BCUT2D eigenvalue weighted by Gasteiger charge is -2.32. The molecule has 11 heteroatoms. The molecule has 1 fully saturated rings. The normalized spacial score (nSPS) is 17.0. The number of aldehydes is 1. The lowest BCUT2D eigenvalue weighted by atomic mass is 9.92. The molecule has 0 aliphatic carbocycles. The molecular formula is C23H25F3N4O3S. The number of halogens is 3. The van der Waals surface area contributed by atoms with E-state index >= 15 is 0 Å². The van der Waals surface area contributed by atoms with Crippen molar-refractivity contribution in [2.45, 2.75) is 43.7 Å². The topological polar surface area (TPSA) is 96.0 Å². The number of nitrogens with one attached hydrogen (secondary N) is 1. The molecule has 0 radical (unpaired) electrons. The van der Waals surface area contributed by atoms with Crippen molar-refractivity contribution in [3.63, 3.8) is 0 Å². The maximum Gasteiger partial charge on any atom is 0.446 e. The van der Waals surface area contributed by atoms with Gasteiger partial charge in [-0.15, -0.1) is 0 Å². The van der Waals surface area contributed by atoms with Crippen molar-refractivity contribution in [1.82, 2.24) is 19.3 Å². The minimum absolute atomic E-state index is 0.145. The fourth-order valence-corrected chi connectivity index (χ4v) is 5.22. The molecule has 7 nitrogen and oxygen atoms in total. The first kappa shape index (κ1) is 25.6. The lowest BCUT2D eigenvalue weighted by Crippen LogP contribution is -2.39. The van der Waals surface area contributed by atoms with Crippen LogP contribution in [0.2, 0.25) is 0 Å². The van der Waals surface area contributed by atoms with Crippen molar-refractivity contribution in [1.29, 1.82) is 0 Å². The maximum absolute atomic E-state index is 13.0. The van der Waals surface area contributed by atoms with Crippen LogP contribution >= 0.6 is 0 Å². The summed E-state index contributed by atoms with van der Waals surface area (Å²) in [5.41, 5.74) is 3.88. The zero-order chi connectivity index (χ0) is 24.9. The van der Waals surface area contributed by atoms with E-state index in [9.17, 15) is 21.6 Å². The minimum Gasteiger partial charge on any atom is -0.341 e.